The van der Waals surface area contributed by atoms with E-state index in [9.17, 15) is 34.8 Å². The molecule has 0 spiro atoms. The Hall–Kier alpha value is -4.10. The van der Waals surface area contributed by atoms with Crippen molar-refractivity contribution >= 4 is 66.1 Å². The summed E-state index contributed by atoms with van der Waals surface area (Å²) in [5.41, 5.74) is -1.58. The number of nitrogens with one attached hydrogen (secondary N) is 2. The first-order valence-electron chi connectivity index (χ1n) is 22.0. The molecule has 0 aliphatic carbocycles. The van der Waals surface area contributed by atoms with Gasteiger partial charge >= 0.3 is 5.51 Å². The lowest BCUT2D eigenvalue weighted by Crippen LogP contribution is -2.47. The molecule has 0 unspecified atom stereocenters. The van der Waals surface area contributed by atoms with Gasteiger partial charge in [-0.1, -0.05) is 41.9 Å². The molecule has 2 bridgehead atoms. The van der Waals surface area contributed by atoms with Gasteiger partial charge in [-0.3, -0.25) is 14.6 Å². The maximum atomic E-state index is 14.2. The van der Waals surface area contributed by atoms with Crippen LogP contribution in [0.5, 0.6) is 0 Å². The van der Waals surface area contributed by atoms with Crippen LogP contribution in [0.4, 0.5) is 24.5 Å². The number of rotatable bonds is 17. The summed E-state index contributed by atoms with van der Waals surface area (Å²) in [5.74, 6) is -0.610. The molecular weight excluding hydrogens is 919 g/mol. The van der Waals surface area contributed by atoms with Crippen LogP contribution < -0.4 is 14.9 Å². The predicted octanol–water partition coefficient (Wildman–Crippen LogP) is 8.73. The van der Waals surface area contributed by atoms with Crippen molar-refractivity contribution in [2.24, 2.45) is 0 Å². The highest BCUT2D eigenvalue weighted by atomic mass is 35.5. The number of sulfone groups is 1. The molecule has 11 nitrogen and oxygen atoms in total. The molecule has 2 N–H and O–H groups in total. The van der Waals surface area contributed by atoms with Crippen LogP contribution in [0.3, 0.4) is 0 Å². The summed E-state index contributed by atoms with van der Waals surface area (Å²) in [5, 5.41) is 3.74. The molecule has 4 aliphatic heterocycles. The average Bonchev–Trinajstić information content (AvgIpc) is 3.88. The molecule has 348 valence electrons. The number of halogens is 4. The predicted molar refractivity (Wildman–Crippen MR) is 250 cm³/mol. The van der Waals surface area contributed by atoms with Gasteiger partial charge in [0.25, 0.3) is 25.8 Å². The van der Waals surface area contributed by atoms with Crippen molar-refractivity contribution < 1.29 is 39.5 Å². The average molecular weight is 973 g/mol. The van der Waals surface area contributed by atoms with Crippen molar-refractivity contribution in [2.45, 2.75) is 83.3 Å². The molecule has 18 heteroatoms. The van der Waals surface area contributed by atoms with Crippen molar-refractivity contribution in [3.8, 4) is 0 Å². The number of piperazine rings is 1. The minimum absolute atomic E-state index is 0.00274. The van der Waals surface area contributed by atoms with E-state index in [0.717, 1.165) is 67.3 Å². The van der Waals surface area contributed by atoms with Gasteiger partial charge in [0.2, 0.25) is 0 Å². The van der Waals surface area contributed by atoms with E-state index in [1.165, 1.54) is 60.7 Å². The molecular formula is C47H53ClF3N5O6S3. The summed E-state index contributed by atoms with van der Waals surface area (Å²) in [7, 11) is -10.9. The van der Waals surface area contributed by atoms with E-state index in [2.05, 4.69) is 20.0 Å². The van der Waals surface area contributed by atoms with Gasteiger partial charge in [0.15, 0.2) is 0 Å². The molecule has 65 heavy (non-hydrogen) atoms. The van der Waals surface area contributed by atoms with E-state index < -0.39 is 47.1 Å². The minimum atomic E-state index is -6.04. The first kappa shape index (κ1) is 47.4. The van der Waals surface area contributed by atoms with Gasteiger partial charge in [0, 0.05) is 77.8 Å². The third-order valence-electron chi connectivity index (χ3n) is 12.9. The molecule has 3 saturated heterocycles. The summed E-state index contributed by atoms with van der Waals surface area (Å²) < 4.78 is 104. The third-order valence-corrected chi connectivity index (χ3v) is 17.2. The van der Waals surface area contributed by atoms with E-state index >= 15 is 0 Å². The normalized spacial score (nSPS) is 20.3. The van der Waals surface area contributed by atoms with Crippen molar-refractivity contribution in [2.75, 3.05) is 68.5 Å². The van der Waals surface area contributed by atoms with Crippen LogP contribution in [-0.4, -0.2) is 114 Å². The Bertz CT molecular complexity index is 2540. The molecule has 8 rings (SSSR count). The van der Waals surface area contributed by atoms with E-state index in [4.69, 9.17) is 16.3 Å². The minimum Gasteiger partial charge on any atom is -0.380 e. The number of anilines is 2. The van der Waals surface area contributed by atoms with Crippen molar-refractivity contribution in [1.29, 1.82) is 0 Å². The second-order valence-electron chi connectivity index (χ2n) is 17.1. The number of hydrogen-bond acceptors (Lipinski definition) is 11. The topological polar surface area (TPSA) is 128 Å². The SMILES string of the molecule is O=C(NS(=O)(=O)c1ccc(N[C@H](CCCN2C3CCC2CC3)CSc2ccccc2)c(S(=O)(=O)C(F)(F)F)c1)c1ccc(N2CCN(CC3=C(c4ccc(Cl)cc4)CCOC3)CC2)cc1. The molecule has 0 saturated carbocycles. The first-order chi connectivity index (χ1) is 31.1. The van der Waals surface area contributed by atoms with Crippen LogP contribution in [-0.2, 0) is 24.6 Å². The number of carbonyl (C=O) groups is 1. The third kappa shape index (κ3) is 11.4. The lowest BCUT2D eigenvalue weighted by molar-refractivity contribution is -0.0435. The van der Waals surface area contributed by atoms with Gasteiger partial charge in [0.05, 0.1) is 23.8 Å². The lowest BCUT2D eigenvalue weighted by Gasteiger charge is -2.37. The molecule has 0 aromatic heterocycles. The van der Waals surface area contributed by atoms with Gasteiger partial charge in [-0.05, 0) is 135 Å². The Labute approximate surface area is 388 Å². The summed E-state index contributed by atoms with van der Waals surface area (Å²) >= 11 is 7.61. The summed E-state index contributed by atoms with van der Waals surface area (Å²) in [6, 6.07) is 26.9. The van der Waals surface area contributed by atoms with Crippen LogP contribution in [0.2, 0.25) is 5.02 Å². The van der Waals surface area contributed by atoms with E-state index in [1.807, 2.05) is 59.3 Å². The molecule has 1 amide bonds. The van der Waals surface area contributed by atoms with E-state index in [1.54, 1.807) is 12.1 Å². The number of sulfonamides is 1. The van der Waals surface area contributed by atoms with Crippen LogP contribution >= 0.6 is 23.4 Å². The standard InChI is InChI=1S/C47H53ClF3N5O6S3/c48-36-12-8-33(9-13-36)43-22-28-62-31-35(43)30-54-24-26-55(27-25-54)38-14-10-34(11-15-38)46(57)53-65(60,61)42-20-21-44(45(29-42)64(58,59)47(49,50)51)52-37(32-63-41-6-2-1-3-7-41)5-4-23-56-39-16-17-40(56)19-18-39/h1-3,6-15,20-21,29,37,39-40,52H,4-5,16-19,22-28,30-32H2,(H,53,57)/t37-,39?,40?/m1/s1. The van der Waals surface area contributed by atoms with Crippen LogP contribution in [0.25, 0.3) is 5.57 Å². The molecule has 4 heterocycles. The number of thioether (sulfide) groups is 1. The maximum Gasteiger partial charge on any atom is 0.501 e. The fourth-order valence-electron chi connectivity index (χ4n) is 9.44. The van der Waals surface area contributed by atoms with E-state index in [-0.39, 0.29) is 11.3 Å². The molecule has 0 radical (unpaired) electrons. The fraction of sp³-hybridized carbons (Fsp3) is 0.426. The number of nitrogens with zero attached hydrogens (tertiary/aromatic N) is 3. The van der Waals surface area contributed by atoms with Gasteiger partial charge in [-0.15, -0.1) is 11.8 Å². The molecule has 4 aliphatic rings. The number of amides is 1. The number of alkyl halides is 3. The van der Waals surface area contributed by atoms with Crippen molar-refractivity contribution in [3.05, 3.63) is 119 Å². The van der Waals surface area contributed by atoms with Gasteiger partial charge in [0.1, 0.15) is 4.90 Å². The lowest BCUT2D eigenvalue weighted by atomic mass is 9.95. The van der Waals surface area contributed by atoms with Crippen molar-refractivity contribution in [3.63, 3.8) is 0 Å². The van der Waals surface area contributed by atoms with E-state index in [0.29, 0.717) is 61.6 Å². The Balaban J connectivity index is 0.925. The molecule has 4 aromatic rings. The zero-order valence-electron chi connectivity index (χ0n) is 35.8. The number of hydrogen-bond donors (Lipinski definition) is 2. The Morgan fingerprint density at radius 3 is 2.20 bits per heavy atom. The highest BCUT2D eigenvalue weighted by Crippen LogP contribution is 2.39. The Morgan fingerprint density at radius 1 is 0.862 bits per heavy atom. The van der Waals surface area contributed by atoms with Gasteiger partial charge in [-0.25, -0.2) is 21.6 Å². The quantitative estimate of drug-likeness (QED) is 0.0987. The number of fused-ring (bicyclic) bond motifs is 2. The zero-order valence-corrected chi connectivity index (χ0v) is 39.0. The largest absolute Gasteiger partial charge is 0.501 e. The Morgan fingerprint density at radius 2 is 1.54 bits per heavy atom. The summed E-state index contributed by atoms with van der Waals surface area (Å²) in [4.78, 5) is 19.3. The summed E-state index contributed by atoms with van der Waals surface area (Å²) in [6.07, 6.45) is 6.77. The smallest absolute Gasteiger partial charge is 0.380 e. The van der Waals surface area contributed by atoms with Crippen LogP contribution in [0, 0.1) is 0 Å². The molecule has 3 fully saturated rings. The van der Waals surface area contributed by atoms with Crippen LogP contribution in [0.1, 0.15) is 60.9 Å². The van der Waals surface area contributed by atoms with Gasteiger partial charge < -0.3 is 15.0 Å². The Kier molecular flexibility index (Phi) is 14.9. The first-order valence-corrected chi connectivity index (χ1v) is 26.3. The van der Waals surface area contributed by atoms with Crippen LogP contribution in [0.15, 0.2) is 117 Å². The highest BCUT2D eigenvalue weighted by Gasteiger charge is 2.48. The fourth-order valence-corrected chi connectivity index (χ4v) is 12.6. The van der Waals surface area contributed by atoms with Crippen molar-refractivity contribution in [1.82, 2.24) is 14.5 Å². The second kappa shape index (κ2) is 20.4. The monoisotopic (exact) mass is 971 g/mol. The zero-order chi connectivity index (χ0) is 45.8. The number of ether oxygens (including phenoxy) is 1. The maximum absolute atomic E-state index is 14.2. The molecule has 1 atom stereocenters. The highest BCUT2D eigenvalue weighted by molar-refractivity contribution is 7.99. The summed E-state index contributed by atoms with van der Waals surface area (Å²) in [6.45, 7) is 5.84. The van der Waals surface area contributed by atoms with Gasteiger partial charge in [-0.2, -0.15) is 13.2 Å². The second-order valence-corrected chi connectivity index (χ2v) is 22.2. The number of benzene rings is 4. The number of carbonyl (C=O) groups excluding carboxylic acids is 1. The molecule has 4 aromatic carbocycles.